The summed E-state index contributed by atoms with van der Waals surface area (Å²) in [6, 6.07) is 9.44. The lowest BCUT2D eigenvalue weighted by atomic mass is 10.2. The zero-order valence-corrected chi connectivity index (χ0v) is 9.56. The minimum absolute atomic E-state index is 0.00995. The van der Waals surface area contributed by atoms with E-state index in [9.17, 15) is 0 Å². The van der Waals surface area contributed by atoms with E-state index >= 15 is 0 Å². The van der Waals surface area contributed by atoms with E-state index in [1.165, 1.54) is 0 Å². The molecule has 0 bridgehead atoms. The van der Waals surface area contributed by atoms with Crippen LogP contribution >= 0.6 is 0 Å². The summed E-state index contributed by atoms with van der Waals surface area (Å²) in [5.41, 5.74) is 1.56. The van der Waals surface area contributed by atoms with Gasteiger partial charge in [-0.25, -0.2) is 0 Å². The summed E-state index contributed by atoms with van der Waals surface area (Å²) < 4.78 is 10.2. The molecule has 0 fully saturated rings. The van der Waals surface area contributed by atoms with Crippen LogP contribution in [0.3, 0.4) is 0 Å². The number of anilines is 1. The Labute approximate surface area is 95.8 Å². The zero-order chi connectivity index (χ0) is 11.8. The predicted molar refractivity (Wildman–Crippen MR) is 62.3 cm³/mol. The van der Waals surface area contributed by atoms with Crippen molar-refractivity contribution in [3.8, 4) is 6.07 Å². The SMILES string of the molecule is COCC(CNc1cccc(C#N)c1)OC. The van der Waals surface area contributed by atoms with Crippen LogP contribution in [-0.2, 0) is 9.47 Å². The highest BCUT2D eigenvalue weighted by atomic mass is 16.5. The van der Waals surface area contributed by atoms with Crippen molar-refractivity contribution in [3.05, 3.63) is 29.8 Å². The number of nitrogens with one attached hydrogen (secondary N) is 1. The van der Waals surface area contributed by atoms with Gasteiger partial charge in [-0.3, -0.25) is 0 Å². The minimum Gasteiger partial charge on any atom is -0.382 e. The fourth-order valence-electron chi connectivity index (χ4n) is 1.33. The van der Waals surface area contributed by atoms with E-state index in [2.05, 4.69) is 11.4 Å². The molecule has 0 aliphatic rings. The van der Waals surface area contributed by atoms with Crippen LogP contribution < -0.4 is 5.32 Å². The molecule has 16 heavy (non-hydrogen) atoms. The van der Waals surface area contributed by atoms with E-state index in [-0.39, 0.29) is 6.10 Å². The second-order valence-electron chi connectivity index (χ2n) is 3.39. The van der Waals surface area contributed by atoms with E-state index < -0.39 is 0 Å². The first-order valence-electron chi connectivity index (χ1n) is 5.06. The first kappa shape index (κ1) is 12.5. The molecule has 1 aromatic carbocycles. The molecule has 4 nitrogen and oxygen atoms in total. The quantitative estimate of drug-likeness (QED) is 0.791. The molecule has 0 amide bonds. The molecule has 0 spiro atoms. The van der Waals surface area contributed by atoms with E-state index in [0.29, 0.717) is 18.7 Å². The van der Waals surface area contributed by atoms with Gasteiger partial charge in [0.1, 0.15) is 0 Å². The highest BCUT2D eigenvalue weighted by molar-refractivity contribution is 5.49. The van der Waals surface area contributed by atoms with E-state index in [0.717, 1.165) is 5.69 Å². The average Bonchev–Trinajstić information content (AvgIpc) is 2.34. The third kappa shape index (κ3) is 3.89. The van der Waals surface area contributed by atoms with Gasteiger partial charge >= 0.3 is 0 Å². The van der Waals surface area contributed by atoms with Gasteiger partial charge in [0, 0.05) is 26.5 Å². The maximum Gasteiger partial charge on any atom is 0.0992 e. The molecule has 0 aliphatic heterocycles. The third-order valence-corrected chi connectivity index (χ3v) is 2.21. The molecule has 0 saturated heterocycles. The Bertz CT molecular complexity index is 360. The third-order valence-electron chi connectivity index (χ3n) is 2.21. The van der Waals surface area contributed by atoms with Crippen molar-refractivity contribution in [1.82, 2.24) is 0 Å². The standard InChI is InChI=1S/C12H16N2O2/c1-15-9-12(16-2)8-14-11-5-3-4-10(6-11)7-13/h3-6,12,14H,8-9H2,1-2H3. The van der Waals surface area contributed by atoms with Gasteiger partial charge in [-0.2, -0.15) is 5.26 Å². The minimum atomic E-state index is 0.00995. The normalized spacial score (nSPS) is 11.8. The van der Waals surface area contributed by atoms with Crippen LogP contribution in [0.15, 0.2) is 24.3 Å². The molecular formula is C12H16N2O2. The molecule has 1 atom stereocenters. The fourth-order valence-corrected chi connectivity index (χ4v) is 1.33. The van der Waals surface area contributed by atoms with Crippen molar-refractivity contribution >= 4 is 5.69 Å². The van der Waals surface area contributed by atoms with Gasteiger partial charge in [0.05, 0.1) is 24.3 Å². The predicted octanol–water partition coefficient (Wildman–Crippen LogP) is 1.63. The lowest BCUT2D eigenvalue weighted by molar-refractivity contribution is 0.0365. The summed E-state index contributed by atoms with van der Waals surface area (Å²) in [5, 5.41) is 11.9. The summed E-state index contributed by atoms with van der Waals surface area (Å²) in [6.45, 7) is 1.20. The van der Waals surface area contributed by atoms with Gasteiger partial charge in [-0.05, 0) is 18.2 Å². The summed E-state index contributed by atoms with van der Waals surface area (Å²) in [6.07, 6.45) is 0.00995. The second-order valence-corrected chi connectivity index (χ2v) is 3.39. The Balaban J connectivity index is 2.50. The molecule has 1 unspecified atom stereocenters. The lowest BCUT2D eigenvalue weighted by Gasteiger charge is -2.15. The first-order chi connectivity index (χ1) is 7.80. The van der Waals surface area contributed by atoms with Gasteiger partial charge < -0.3 is 14.8 Å². The van der Waals surface area contributed by atoms with Crippen molar-refractivity contribution in [2.45, 2.75) is 6.10 Å². The van der Waals surface area contributed by atoms with E-state index in [1.54, 1.807) is 26.4 Å². The molecule has 4 heteroatoms. The maximum absolute atomic E-state index is 8.75. The summed E-state index contributed by atoms with van der Waals surface area (Å²) >= 11 is 0. The molecule has 0 saturated carbocycles. The Morgan fingerprint density at radius 2 is 2.25 bits per heavy atom. The number of benzene rings is 1. The van der Waals surface area contributed by atoms with Gasteiger partial charge in [0.15, 0.2) is 0 Å². The number of methoxy groups -OCH3 is 2. The number of nitriles is 1. The summed E-state index contributed by atoms with van der Waals surface area (Å²) in [5.74, 6) is 0. The van der Waals surface area contributed by atoms with Crippen molar-refractivity contribution in [1.29, 1.82) is 5.26 Å². The topological polar surface area (TPSA) is 54.3 Å². The molecule has 86 valence electrons. The van der Waals surface area contributed by atoms with Crippen LogP contribution in [0, 0.1) is 11.3 Å². The Morgan fingerprint density at radius 1 is 1.44 bits per heavy atom. The first-order valence-corrected chi connectivity index (χ1v) is 5.06. The van der Waals surface area contributed by atoms with Crippen molar-refractivity contribution in [2.75, 3.05) is 32.7 Å². The van der Waals surface area contributed by atoms with E-state index in [1.807, 2.05) is 12.1 Å². The van der Waals surface area contributed by atoms with Crippen LogP contribution in [0.2, 0.25) is 0 Å². The highest BCUT2D eigenvalue weighted by Gasteiger charge is 2.06. The second kappa shape index (κ2) is 6.83. The smallest absolute Gasteiger partial charge is 0.0992 e. The molecule has 0 aromatic heterocycles. The van der Waals surface area contributed by atoms with E-state index in [4.69, 9.17) is 14.7 Å². The number of ether oxygens (including phenoxy) is 2. The Hall–Kier alpha value is -1.57. The molecule has 1 aromatic rings. The molecule has 1 N–H and O–H groups in total. The highest BCUT2D eigenvalue weighted by Crippen LogP contribution is 2.09. The number of hydrogen-bond acceptors (Lipinski definition) is 4. The molecular weight excluding hydrogens is 204 g/mol. The van der Waals surface area contributed by atoms with Gasteiger partial charge in [-0.1, -0.05) is 6.07 Å². The largest absolute Gasteiger partial charge is 0.382 e. The average molecular weight is 220 g/mol. The van der Waals surface area contributed by atoms with Crippen LogP contribution in [0.25, 0.3) is 0 Å². The monoisotopic (exact) mass is 220 g/mol. The Morgan fingerprint density at radius 3 is 2.88 bits per heavy atom. The molecule has 1 rings (SSSR count). The lowest BCUT2D eigenvalue weighted by Crippen LogP contribution is -2.26. The van der Waals surface area contributed by atoms with Crippen LogP contribution in [0.5, 0.6) is 0 Å². The summed E-state index contributed by atoms with van der Waals surface area (Å²) in [7, 11) is 3.29. The van der Waals surface area contributed by atoms with Gasteiger partial charge in [0.25, 0.3) is 0 Å². The van der Waals surface area contributed by atoms with Crippen LogP contribution in [0.4, 0.5) is 5.69 Å². The van der Waals surface area contributed by atoms with Gasteiger partial charge in [0.2, 0.25) is 0 Å². The number of nitrogens with zero attached hydrogens (tertiary/aromatic N) is 1. The fraction of sp³-hybridized carbons (Fsp3) is 0.417. The van der Waals surface area contributed by atoms with Crippen molar-refractivity contribution < 1.29 is 9.47 Å². The number of hydrogen-bond donors (Lipinski definition) is 1. The van der Waals surface area contributed by atoms with Crippen LogP contribution in [-0.4, -0.2) is 33.5 Å². The van der Waals surface area contributed by atoms with Gasteiger partial charge in [-0.15, -0.1) is 0 Å². The van der Waals surface area contributed by atoms with Crippen LogP contribution in [0.1, 0.15) is 5.56 Å². The Kier molecular flexibility index (Phi) is 5.34. The van der Waals surface area contributed by atoms with Crippen molar-refractivity contribution in [2.24, 2.45) is 0 Å². The number of rotatable bonds is 6. The zero-order valence-electron chi connectivity index (χ0n) is 9.56. The molecule has 0 aliphatic carbocycles. The maximum atomic E-state index is 8.75. The summed E-state index contributed by atoms with van der Waals surface area (Å²) in [4.78, 5) is 0. The molecule has 0 heterocycles. The molecule has 0 radical (unpaired) electrons. The van der Waals surface area contributed by atoms with Crippen molar-refractivity contribution in [3.63, 3.8) is 0 Å².